The van der Waals surface area contributed by atoms with Crippen molar-refractivity contribution in [2.75, 3.05) is 14.2 Å². The van der Waals surface area contributed by atoms with Crippen LogP contribution in [0.25, 0.3) is 0 Å². The highest BCUT2D eigenvalue weighted by molar-refractivity contribution is 5.90. The molecule has 0 saturated heterocycles. The van der Waals surface area contributed by atoms with Crippen LogP contribution >= 0.6 is 0 Å². The summed E-state index contributed by atoms with van der Waals surface area (Å²) >= 11 is 0. The summed E-state index contributed by atoms with van der Waals surface area (Å²) in [5.74, 6) is 1.37. The van der Waals surface area contributed by atoms with E-state index < -0.39 is 5.97 Å². The van der Waals surface area contributed by atoms with E-state index >= 15 is 0 Å². The van der Waals surface area contributed by atoms with Crippen molar-refractivity contribution in [3.05, 3.63) is 46.9 Å². The Bertz CT molecular complexity index is 627. The van der Waals surface area contributed by atoms with Gasteiger partial charge in [0.15, 0.2) is 11.5 Å². The van der Waals surface area contributed by atoms with Crippen LogP contribution in [0.15, 0.2) is 28.7 Å². The van der Waals surface area contributed by atoms with Gasteiger partial charge in [0.05, 0.1) is 19.8 Å². The molecule has 0 atom stereocenters. The third kappa shape index (κ3) is 2.77. The lowest BCUT2D eigenvalue weighted by molar-refractivity contribution is 0.0695. The van der Waals surface area contributed by atoms with E-state index in [0.29, 0.717) is 29.2 Å². The summed E-state index contributed by atoms with van der Waals surface area (Å²) in [5.41, 5.74) is 0.793. The molecule has 1 aromatic carbocycles. The molecule has 0 aliphatic rings. The first-order valence-electron chi connectivity index (χ1n) is 6.08. The van der Waals surface area contributed by atoms with E-state index in [9.17, 15) is 9.90 Å². The second-order valence-electron chi connectivity index (χ2n) is 4.36. The number of carbonyl (C=O) groups is 1. The molecular formula is C15H16O5. The minimum Gasteiger partial charge on any atom is -0.493 e. The Hall–Kier alpha value is -2.43. The van der Waals surface area contributed by atoms with Crippen LogP contribution in [0.4, 0.5) is 0 Å². The number of benzene rings is 1. The van der Waals surface area contributed by atoms with Crippen molar-refractivity contribution in [3.63, 3.8) is 0 Å². The van der Waals surface area contributed by atoms with Gasteiger partial charge in [0.25, 0.3) is 0 Å². The Morgan fingerprint density at radius 2 is 1.85 bits per heavy atom. The number of furan rings is 1. The summed E-state index contributed by atoms with van der Waals surface area (Å²) < 4.78 is 15.8. The molecule has 0 spiro atoms. The minimum absolute atomic E-state index is 0.178. The lowest BCUT2D eigenvalue weighted by Gasteiger charge is -2.12. The van der Waals surface area contributed by atoms with Crippen LogP contribution in [0.1, 0.15) is 27.4 Å². The fraction of sp³-hybridized carbons (Fsp3) is 0.267. The molecule has 0 aliphatic carbocycles. The number of hydrogen-bond acceptors (Lipinski definition) is 4. The summed E-state index contributed by atoms with van der Waals surface area (Å²) in [6, 6.07) is 6.81. The van der Waals surface area contributed by atoms with Crippen molar-refractivity contribution < 1.29 is 23.8 Å². The van der Waals surface area contributed by atoms with Gasteiger partial charge >= 0.3 is 5.97 Å². The van der Waals surface area contributed by atoms with E-state index in [1.165, 1.54) is 20.3 Å². The van der Waals surface area contributed by atoms with E-state index in [-0.39, 0.29) is 5.56 Å². The average Bonchev–Trinajstić information content (AvgIpc) is 2.83. The van der Waals surface area contributed by atoms with Gasteiger partial charge in [0.1, 0.15) is 11.5 Å². The molecule has 0 fully saturated rings. The van der Waals surface area contributed by atoms with Gasteiger partial charge in [-0.15, -0.1) is 0 Å². The van der Waals surface area contributed by atoms with Gasteiger partial charge in [-0.25, -0.2) is 4.79 Å². The van der Waals surface area contributed by atoms with E-state index in [0.717, 1.165) is 5.76 Å². The summed E-state index contributed by atoms with van der Waals surface area (Å²) in [7, 11) is 2.98. The van der Waals surface area contributed by atoms with Crippen LogP contribution in [-0.2, 0) is 6.42 Å². The van der Waals surface area contributed by atoms with E-state index in [1.807, 2.05) is 19.1 Å². The SMILES string of the molecule is COc1cc(Cc2ccc(C)o2)c(C(=O)O)cc1OC. The zero-order chi connectivity index (χ0) is 14.7. The first-order valence-corrected chi connectivity index (χ1v) is 6.08. The van der Waals surface area contributed by atoms with Gasteiger partial charge in [0.2, 0.25) is 0 Å². The molecule has 5 heteroatoms. The van der Waals surface area contributed by atoms with Crippen LogP contribution in [0.5, 0.6) is 11.5 Å². The Labute approximate surface area is 116 Å². The number of aryl methyl sites for hydroxylation is 1. The maximum atomic E-state index is 11.4. The maximum Gasteiger partial charge on any atom is 0.336 e. The zero-order valence-electron chi connectivity index (χ0n) is 11.6. The van der Waals surface area contributed by atoms with Gasteiger partial charge in [-0.3, -0.25) is 0 Å². The van der Waals surface area contributed by atoms with Crippen LogP contribution in [0, 0.1) is 6.92 Å². The highest BCUT2D eigenvalue weighted by atomic mass is 16.5. The Morgan fingerprint density at radius 1 is 1.20 bits per heavy atom. The van der Waals surface area contributed by atoms with Crippen molar-refractivity contribution >= 4 is 5.97 Å². The van der Waals surface area contributed by atoms with Crippen LogP contribution in [0.3, 0.4) is 0 Å². The van der Waals surface area contributed by atoms with Crippen molar-refractivity contribution in [2.24, 2.45) is 0 Å². The first-order chi connectivity index (χ1) is 9.55. The number of carboxylic acid groups (broad SMARTS) is 1. The molecule has 106 valence electrons. The highest BCUT2D eigenvalue weighted by Crippen LogP contribution is 2.31. The van der Waals surface area contributed by atoms with Gasteiger partial charge < -0.3 is 19.0 Å². The van der Waals surface area contributed by atoms with E-state index in [2.05, 4.69) is 0 Å². The molecule has 1 aromatic heterocycles. The molecule has 0 radical (unpaired) electrons. The Kier molecular flexibility index (Phi) is 3.98. The number of ether oxygens (including phenoxy) is 2. The molecular weight excluding hydrogens is 260 g/mol. The molecule has 5 nitrogen and oxygen atoms in total. The van der Waals surface area contributed by atoms with Gasteiger partial charge in [-0.1, -0.05) is 0 Å². The maximum absolute atomic E-state index is 11.4. The minimum atomic E-state index is -1.01. The molecule has 2 aromatic rings. The Balaban J connectivity index is 2.46. The van der Waals surface area contributed by atoms with E-state index in [4.69, 9.17) is 13.9 Å². The molecule has 1 heterocycles. The molecule has 0 unspecified atom stereocenters. The number of rotatable bonds is 5. The van der Waals surface area contributed by atoms with Crippen LogP contribution in [0.2, 0.25) is 0 Å². The number of methoxy groups -OCH3 is 2. The summed E-state index contributed by atoms with van der Waals surface area (Å²) in [6.07, 6.45) is 0.385. The molecule has 0 saturated carbocycles. The Morgan fingerprint density at radius 3 is 2.35 bits per heavy atom. The highest BCUT2D eigenvalue weighted by Gasteiger charge is 2.17. The second-order valence-corrected chi connectivity index (χ2v) is 4.36. The van der Waals surface area contributed by atoms with Crippen LogP contribution in [-0.4, -0.2) is 25.3 Å². The predicted molar refractivity (Wildman–Crippen MR) is 72.8 cm³/mol. The van der Waals surface area contributed by atoms with Gasteiger partial charge in [0, 0.05) is 6.42 Å². The predicted octanol–water partition coefficient (Wildman–Crippen LogP) is 2.89. The zero-order valence-corrected chi connectivity index (χ0v) is 11.6. The monoisotopic (exact) mass is 276 g/mol. The molecule has 1 N–H and O–H groups in total. The fourth-order valence-corrected chi connectivity index (χ4v) is 2.03. The normalized spacial score (nSPS) is 10.3. The largest absolute Gasteiger partial charge is 0.493 e. The standard InChI is InChI=1S/C15H16O5/c1-9-4-5-11(20-9)6-10-7-13(18-2)14(19-3)8-12(10)15(16)17/h4-5,7-8H,6H2,1-3H3,(H,16,17). The molecule has 20 heavy (non-hydrogen) atoms. The fourth-order valence-electron chi connectivity index (χ4n) is 2.03. The number of aromatic carboxylic acids is 1. The van der Waals surface area contributed by atoms with Crippen molar-refractivity contribution in [1.82, 2.24) is 0 Å². The summed E-state index contributed by atoms with van der Waals surface area (Å²) in [5, 5.41) is 9.31. The van der Waals surface area contributed by atoms with Crippen molar-refractivity contribution in [3.8, 4) is 11.5 Å². The topological polar surface area (TPSA) is 68.9 Å². The van der Waals surface area contributed by atoms with Crippen molar-refractivity contribution in [1.29, 1.82) is 0 Å². The second kappa shape index (κ2) is 5.69. The molecule has 0 amide bonds. The third-order valence-electron chi connectivity index (χ3n) is 3.00. The lowest BCUT2D eigenvalue weighted by Crippen LogP contribution is -2.05. The number of carboxylic acids is 1. The molecule has 0 aliphatic heterocycles. The quantitative estimate of drug-likeness (QED) is 0.909. The third-order valence-corrected chi connectivity index (χ3v) is 3.00. The summed E-state index contributed by atoms with van der Waals surface area (Å²) in [4.78, 5) is 11.4. The van der Waals surface area contributed by atoms with Gasteiger partial charge in [-0.2, -0.15) is 0 Å². The summed E-state index contributed by atoms with van der Waals surface area (Å²) in [6.45, 7) is 1.84. The van der Waals surface area contributed by atoms with Crippen LogP contribution < -0.4 is 9.47 Å². The van der Waals surface area contributed by atoms with Gasteiger partial charge in [-0.05, 0) is 36.8 Å². The molecule has 0 bridgehead atoms. The smallest absolute Gasteiger partial charge is 0.336 e. The average molecular weight is 276 g/mol. The molecule has 2 rings (SSSR count). The lowest BCUT2D eigenvalue weighted by atomic mass is 10.0. The van der Waals surface area contributed by atoms with E-state index in [1.54, 1.807) is 6.07 Å². The first kappa shape index (κ1) is 14.0. The number of hydrogen-bond donors (Lipinski definition) is 1. The van der Waals surface area contributed by atoms with Crippen molar-refractivity contribution in [2.45, 2.75) is 13.3 Å².